The van der Waals surface area contributed by atoms with Crippen molar-refractivity contribution in [1.29, 1.82) is 0 Å². The first-order chi connectivity index (χ1) is 18.6. The van der Waals surface area contributed by atoms with E-state index in [-0.39, 0.29) is 43.5 Å². The molecular weight excluding hydrogens is 542 g/mol. The molecule has 2 N–H and O–H groups in total. The van der Waals surface area contributed by atoms with Gasteiger partial charge in [-0.1, -0.05) is 6.92 Å². The third-order valence-corrected chi connectivity index (χ3v) is 8.87. The van der Waals surface area contributed by atoms with E-state index < -0.39 is 11.9 Å². The summed E-state index contributed by atoms with van der Waals surface area (Å²) in [6.45, 7) is 12.0. The number of nitrogens with one attached hydrogen (secondary N) is 2. The largest absolute Gasteiger partial charge is 0.462 e. The SMILES string of the molecule is CCOC(=O)c1sc2nc(CN(Cc3nc4sc(C(=O)OCC)c(C)c4c(=O)[nH]3)[C@@H](C)CC)[nH]c(=O)c2c1C. The summed E-state index contributed by atoms with van der Waals surface area (Å²) in [6, 6.07) is 0.0623. The number of esters is 2. The van der Waals surface area contributed by atoms with Gasteiger partial charge in [0.25, 0.3) is 11.1 Å². The Morgan fingerprint density at radius 3 is 1.59 bits per heavy atom. The van der Waals surface area contributed by atoms with Crippen molar-refractivity contribution in [1.82, 2.24) is 24.8 Å². The van der Waals surface area contributed by atoms with Crippen LogP contribution < -0.4 is 11.1 Å². The average molecular weight is 574 g/mol. The average Bonchev–Trinajstić information content (AvgIpc) is 3.40. The molecule has 11 nitrogen and oxygen atoms in total. The predicted octanol–water partition coefficient (Wildman–Crippen LogP) is 4.05. The van der Waals surface area contributed by atoms with E-state index in [0.29, 0.717) is 53.0 Å². The number of ether oxygens (including phenoxy) is 2. The van der Waals surface area contributed by atoms with E-state index in [0.717, 1.165) is 29.1 Å². The Labute approximate surface area is 232 Å². The lowest BCUT2D eigenvalue weighted by Gasteiger charge is -2.27. The highest BCUT2D eigenvalue weighted by Crippen LogP contribution is 2.29. The number of nitrogens with zero attached hydrogens (tertiary/aromatic N) is 3. The van der Waals surface area contributed by atoms with Gasteiger partial charge < -0.3 is 19.4 Å². The highest BCUT2D eigenvalue weighted by molar-refractivity contribution is 7.21. The standard InChI is InChI=1S/C26H31N5O6S2/c1-7-12(4)31(10-15-27-21(32)17-13(5)19(25(34)36-8-2)38-23(17)29-15)11-16-28-22(33)18-14(6)20(26(35)37-9-3)39-24(18)30-16/h12H,7-11H2,1-6H3,(H,27,29,32)(H,28,30,33)/t12-/m0/s1. The van der Waals surface area contributed by atoms with Crippen molar-refractivity contribution < 1.29 is 19.1 Å². The lowest BCUT2D eigenvalue weighted by atomic mass is 10.2. The lowest BCUT2D eigenvalue weighted by molar-refractivity contribution is 0.0521. The summed E-state index contributed by atoms with van der Waals surface area (Å²) in [5.74, 6) is -0.0741. The van der Waals surface area contributed by atoms with Crippen LogP contribution in [-0.4, -0.2) is 56.0 Å². The molecule has 0 fully saturated rings. The molecule has 0 aromatic carbocycles. The van der Waals surface area contributed by atoms with Gasteiger partial charge in [0.2, 0.25) is 0 Å². The zero-order valence-electron chi connectivity index (χ0n) is 22.7. The maximum Gasteiger partial charge on any atom is 0.348 e. The number of H-pyrrole nitrogens is 2. The number of aromatic amines is 2. The van der Waals surface area contributed by atoms with Gasteiger partial charge in [-0.2, -0.15) is 0 Å². The van der Waals surface area contributed by atoms with Crippen LogP contribution in [0.15, 0.2) is 9.59 Å². The summed E-state index contributed by atoms with van der Waals surface area (Å²) < 4.78 is 10.2. The zero-order chi connectivity index (χ0) is 28.4. The number of thiophene rings is 2. The molecule has 1 atom stereocenters. The molecule has 0 radical (unpaired) electrons. The molecule has 4 aromatic heterocycles. The molecule has 0 aliphatic heterocycles. The second-order valence-corrected chi connectivity index (χ2v) is 11.1. The van der Waals surface area contributed by atoms with Crippen molar-refractivity contribution in [3.05, 3.63) is 53.2 Å². The number of hydrogen-bond donors (Lipinski definition) is 2. The molecule has 208 valence electrons. The van der Waals surface area contributed by atoms with Gasteiger partial charge >= 0.3 is 11.9 Å². The highest BCUT2D eigenvalue weighted by Gasteiger charge is 2.24. The first kappa shape index (κ1) is 28.6. The van der Waals surface area contributed by atoms with Gasteiger partial charge in [0.05, 0.1) is 37.1 Å². The minimum absolute atomic E-state index is 0.0623. The van der Waals surface area contributed by atoms with E-state index in [1.54, 1.807) is 27.7 Å². The molecule has 4 rings (SSSR count). The Morgan fingerprint density at radius 2 is 1.23 bits per heavy atom. The zero-order valence-corrected chi connectivity index (χ0v) is 24.4. The Bertz CT molecular complexity index is 1550. The van der Waals surface area contributed by atoms with Crippen molar-refractivity contribution in [2.24, 2.45) is 0 Å². The molecule has 0 aliphatic carbocycles. The normalized spacial score (nSPS) is 12.4. The van der Waals surface area contributed by atoms with Gasteiger partial charge in [-0.3, -0.25) is 14.5 Å². The molecule has 0 amide bonds. The Morgan fingerprint density at radius 1 is 0.821 bits per heavy atom. The van der Waals surface area contributed by atoms with Crippen LogP contribution >= 0.6 is 22.7 Å². The van der Waals surface area contributed by atoms with Crippen LogP contribution in [0, 0.1) is 13.8 Å². The van der Waals surface area contributed by atoms with Gasteiger partial charge in [-0.05, 0) is 52.2 Å². The summed E-state index contributed by atoms with van der Waals surface area (Å²) in [6.07, 6.45) is 0.801. The Balaban J connectivity index is 1.67. The molecule has 0 saturated carbocycles. The van der Waals surface area contributed by atoms with Gasteiger partial charge in [-0.15, -0.1) is 22.7 Å². The summed E-state index contributed by atoms with van der Waals surface area (Å²) in [4.78, 5) is 69.3. The minimum atomic E-state index is -0.472. The van der Waals surface area contributed by atoms with Gasteiger partial charge in [0, 0.05) is 6.04 Å². The van der Waals surface area contributed by atoms with Crippen LogP contribution in [0.5, 0.6) is 0 Å². The molecular formula is C26H31N5O6S2. The first-order valence-corrected chi connectivity index (χ1v) is 14.4. The number of hydrogen-bond acceptors (Lipinski definition) is 11. The van der Waals surface area contributed by atoms with Crippen LogP contribution in [0.1, 0.15) is 76.2 Å². The van der Waals surface area contributed by atoms with E-state index in [9.17, 15) is 19.2 Å². The summed E-state index contributed by atoms with van der Waals surface area (Å²) in [7, 11) is 0. The number of carbonyl (C=O) groups excluding carboxylic acids is 2. The van der Waals surface area contributed by atoms with Crippen molar-refractivity contribution in [3.63, 3.8) is 0 Å². The quantitative estimate of drug-likeness (QED) is 0.268. The van der Waals surface area contributed by atoms with Crippen molar-refractivity contribution in [2.75, 3.05) is 13.2 Å². The fourth-order valence-corrected chi connectivity index (χ4v) is 6.51. The smallest absolute Gasteiger partial charge is 0.348 e. The third kappa shape index (κ3) is 5.65. The number of rotatable bonds is 10. The van der Waals surface area contributed by atoms with E-state index in [2.05, 4.69) is 19.9 Å². The second kappa shape index (κ2) is 11.8. The van der Waals surface area contributed by atoms with E-state index in [4.69, 9.17) is 9.47 Å². The highest BCUT2D eigenvalue weighted by atomic mass is 32.1. The molecule has 4 aromatic rings. The maximum absolute atomic E-state index is 13.0. The van der Waals surface area contributed by atoms with E-state index >= 15 is 0 Å². The van der Waals surface area contributed by atoms with Gasteiger partial charge in [0.15, 0.2) is 0 Å². The summed E-state index contributed by atoms with van der Waals surface area (Å²) >= 11 is 2.28. The maximum atomic E-state index is 13.0. The van der Waals surface area contributed by atoms with E-state index in [1.165, 1.54) is 0 Å². The molecule has 0 spiro atoms. The number of aromatic nitrogens is 4. The fourth-order valence-electron chi connectivity index (χ4n) is 4.32. The molecule has 0 saturated heterocycles. The van der Waals surface area contributed by atoms with Crippen LogP contribution in [0.25, 0.3) is 20.4 Å². The lowest BCUT2D eigenvalue weighted by Crippen LogP contribution is -2.34. The first-order valence-electron chi connectivity index (χ1n) is 12.7. The molecule has 39 heavy (non-hydrogen) atoms. The molecule has 4 heterocycles. The predicted molar refractivity (Wildman–Crippen MR) is 151 cm³/mol. The third-order valence-electron chi connectivity index (χ3n) is 6.54. The summed E-state index contributed by atoms with van der Waals surface area (Å²) in [5, 5.41) is 0.757. The van der Waals surface area contributed by atoms with Crippen molar-refractivity contribution in [2.45, 2.75) is 67.1 Å². The number of fused-ring (bicyclic) bond motifs is 2. The second-order valence-electron chi connectivity index (χ2n) is 9.10. The van der Waals surface area contributed by atoms with Crippen LogP contribution in [0.3, 0.4) is 0 Å². The van der Waals surface area contributed by atoms with Crippen LogP contribution in [0.2, 0.25) is 0 Å². The fraction of sp³-hybridized carbons (Fsp3) is 0.462. The van der Waals surface area contributed by atoms with Crippen LogP contribution in [0.4, 0.5) is 0 Å². The molecule has 0 bridgehead atoms. The Kier molecular flexibility index (Phi) is 8.62. The van der Waals surface area contributed by atoms with Crippen molar-refractivity contribution >= 4 is 55.0 Å². The molecule has 13 heteroatoms. The van der Waals surface area contributed by atoms with Gasteiger partial charge in [0.1, 0.15) is 31.1 Å². The Hall–Kier alpha value is -3.42. The van der Waals surface area contributed by atoms with Crippen LogP contribution in [-0.2, 0) is 22.6 Å². The molecule has 0 aliphatic rings. The minimum Gasteiger partial charge on any atom is -0.462 e. The number of carbonyl (C=O) groups is 2. The topological polar surface area (TPSA) is 147 Å². The van der Waals surface area contributed by atoms with E-state index in [1.807, 2.05) is 18.7 Å². The monoisotopic (exact) mass is 573 g/mol. The summed E-state index contributed by atoms with van der Waals surface area (Å²) in [5.41, 5.74) is 0.459. The number of aryl methyl sites for hydroxylation is 2. The molecule has 0 unspecified atom stereocenters. The van der Waals surface area contributed by atoms with Gasteiger partial charge in [-0.25, -0.2) is 19.6 Å². The van der Waals surface area contributed by atoms with Crippen molar-refractivity contribution in [3.8, 4) is 0 Å².